The first-order valence-corrected chi connectivity index (χ1v) is 5.00. The van der Waals surface area contributed by atoms with Crippen LogP contribution in [0.3, 0.4) is 0 Å². The fourth-order valence-electron chi connectivity index (χ4n) is 1.04. The molecule has 0 amide bonds. The first kappa shape index (κ1) is 9.92. The molecule has 1 rings (SSSR count). The van der Waals surface area contributed by atoms with Crippen LogP contribution in [0.4, 0.5) is 5.69 Å². The Balaban J connectivity index is 2.92. The number of carboxylic acid groups (broad SMARTS) is 1. The molecule has 0 radical (unpaired) electrons. The van der Waals surface area contributed by atoms with Gasteiger partial charge in [0.05, 0.1) is 6.42 Å². The number of aliphatic carboxylic acids is 1. The number of hydrogen-bond acceptors (Lipinski definition) is 3. The van der Waals surface area contributed by atoms with E-state index < -0.39 is 5.97 Å². The molecule has 0 atom stereocenters. The third-order valence-electron chi connectivity index (χ3n) is 1.65. The van der Waals surface area contributed by atoms with Gasteiger partial charge in [-0.25, -0.2) is 0 Å². The second kappa shape index (κ2) is 4.18. The molecule has 13 heavy (non-hydrogen) atoms. The zero-order chi connectivity index (χ0) is 9.84. The summed E-state index contributed by atoms with van der Waals surface area (Å²) < 4.78 is 0. The fourth-order valence-corrected chi connectivity index (χ4v) is 1.61. The van der Waals surface area contributed by atoms with Crippen LogP contribution >= 0.6 is 11.8 Å². The molecule has 0 saturated heterocycles. The Morgan fingerprint density at radius 3 is 2.85 bits per heavy atom. The van der Waals surface area contributed by atoms with E-state index in [0.717, 1.165) is 10.5 Å². The Kier molecular flexibility index (Phi) is 3.19. The summed E-state index contributed by atoms with van der Waals surface area (Å²) in [6, 6.07) is 5.29. The van der Waals surface area contributed by atoms with Gasteiger partial charge in [0.15, 0.2) is 0 Å². The lowest BCUT2D eigenvalue weighted by molar-refractivity contribution is -0.136. The van der Waals surface area contributed by atoms with E-state index in [-0.39, 0.29) is 6.42 Å². The summed E-state index contributed by atoms with van der Waals surface area (Å²) in [5.41, 5.74) is 7.14. The van der Waals surface area contributed by atoms with Crippen LogP contribution in [0.1, 0.15) is 5.56 Å². The van der Waals surface area contributed by atoms with Crippen LogP contribution < -0.4 is 5.73 Å². The van der Waals surface area contributed by atoms with E-state index in [1.165, 1.54) is 11.8 Å². The number of nitrogens with two attached hydrogens (primary N) is 1. The lowest BCUT2D eigenvalue weighted by Gasteiger charge is -2.04. The van der Waals surface area contributed by atoms with Crippen LogP contribution in [0.2, 0.25) is 0 Å². The molecule has 4 heteroatoms. The average Bonchev–Trinajstić information content (AvgIpc) is 2.07. The standard InChI is InChI=1S/C9H11NO2S/c1-13-8-4-6(5-9(11)12)2-3-7(8)10/h2-4H,5,10H2,1H3,(H,11,12). The topological polar surface area (TPSA) is 63.3 Å². The number of carboxylic acids is 1. The third kappa shape index (κ3) is 2.66. The van der Waals surface area contributed by atoms with Crippen molar-refractivity contribution in [2.24, 2.45) is 0 Å². The van der Waals surface area contributed by atoms with E-state index in [4.69, 9.17) is 10.8 Å². The average molecular weight is 197 g/mol. The molecule has 0 aliphatic heterocycles. The summed E-state index contributed by atoms with van der Waals surface area (Å²) >= 11 is 1.52. The van der Waals surface area contributed by atoms with Gasteiger partial charge in [0.1, 0.15) is 0 Å². The van der Waals surface area contributed by atoms with Crippen LogP contribution in [0.25, 0.3) is 0 Å². The number of anilines is 1. The van der Waals surface area contributed by atoms with E-state index >= 15 is 0 Å². The van der Waals surface area contributed by atoms with Gasteiger partial charge in [0, 0.05) is 10.6 Å². The quantitative estimate of drug-likeness (QED) is 0.571. The van der Waals surface area contributed by atoms with Crippen LogP contribution in [-0.2, 0) is 11.2 Å². The van der Waals surface area contributed by atoms with Crippen LogP contribution in [-0.4, -0.2) is 17.3 Å². The number of hydrogen-bond donors (Lipinski definition) is 2. The predicted molar refractivity (Wildman–Crippen MR) is 54.0 cm³/mol. The summed E-state index contributed by atoms with van der Waals surface area (Å²) in [6.07, 6.45) is 1.96. The Morgan fingerprint density at radius 1 is 1.62 bits per heavy atom. The summed E-state index contributed by atoms with van der Waals surface area (Å²) in [4.78, 5) is 11.3. The smallest absolute Gasteiger partial charge is 0.307 e. The van der Waals surface area contributed by atoms with Crippen molar-refractivity contribution in [2.45, 2.75) is 11.3 Å². The molecule has 0 spiro atoms. The maximum Gasteiger partial charge on any atom is 0.307 e. The number of nitrogen functional groups attached to an aromatic ring is 1. The molecule has 70 valence electrons. The van der Waals surface area contributed by atoms with Crippen LogP contribution in [0, 0.1) is 0 Å². The molecule has 0 saturated carbocycles. The van der Waals surface area contributed by atoms with Crippen molar-refractivity contribution < 1.29 is 9.90 Å². The highest BCUT2D eigenvalue weighted by atomic mass is 32.2. The van der Waals surface area contributed by atoms with Gasteiger partial charge in [-0.3, -0.25) is 4.79 Å². The maximum absolute atomic E-state index is 10.4. The zero-order valence-electron chi connectivity index (χ0n) is 7.28. The molecule has 0 aliphatic rings. The summed E-state index contributed by atoms with van der Waals surface area (Å²) in [7, 11) is 0. The van der Waals surface area contributed by atoms with Gasteiger partial charge < -0.3 is 10.8 Å². The Labute approximate surface area is 80.9 Å². The van der Waals surface area contributed by atoms with Crippen molar-refractivity contribution in [3.63, 3.8) is 0 Å². The normalized spacial score (nSPS) is 9.92. The van der Waals surface area contributed by atoms with Gasteiger partial charge in [-0.2, -0.15) is 0 Å². The van der Waals surface area contributed by atoms with Crippen molar-refractivity contribution >= 4 is 23.4 Å². The molecule has 0 aliphatic carbocycles. The highest BCUT2D eigenvalue weighted by molar-refractivity contribution is 7.98. The first-order chi connectivity index (χ1) is 6.13. The predicted octanol–water partition coefficient (Wildman–Crippen LogP) is 1.62. The van der Waals surface area contributed by atoms with E-state index in [9.17, 15) is 4.79 Å². The van der Waals surface area contributed by atoms with E-state index in [0.29, 0.717) is 5.69 Å². The number of rotatable bonds is 3. The molecular weight excluding hydrogens is 186 g/mol. The first-order valence-electron chi connectivity index (χ1n) is 3.77. The summed E-state index contributed by atoms with van der Waals surface area (Å²) in [6.45, 7) is 0. The van der Waals surface area contributed by atoms with Crippen molar-refractivity contribution in [3.8, 4) is 0 Å². The molecule has 1 aromatic rings. The van der Waals surface area contributed by atoms with Gasteiger partial charge in [0.2, 0.25) is 0 Å². The molecule has 3 N–H and O–H groups in total. The van der Waals surface area contributed by atoms with E-state index in [1.807, 2.05) is 12.3 Å². The second-order valence-electron chi connectivity index (χ2n) is 2.65. The van der Waals surface area contributed by atoms with Gasteiger partial charge in [-0.05, 0) is 24.0 Å². The molecule has 3 nitrogen and oxygen atoms in total. The highest BCUT2D eigenvalue weighted by Crippen LogP contribution is 2.23. The monoisotopic (exact) mass is 197 g/mol. The minimum Gasteiger partial charge on any atom is -0.481 e. The molecule has 0 fully saturated rings. The SMILES string of the molecule is CSc1cc(CC(=O)O)ccc1N. The summed E-state index contributed by atoms with van der Waals surface area (Å²) in [5, 5.41) is 8.56. The number of carbonyl (C=O) groups is 1. The van der Waals surface area contributed by atoms with E-state index in [1.54, 1.807) is 12.1 Å². The molecule has 0 unspecified atom stereocenters. The van der Waals surface area contributed by atoms with Gasteiger partial charge in [-0.1, -0.05) is 6.07 Å². The third-order valence-corrected chi connectivity index (χ3v) is 2.45. The second-order valence-corrected chi connectivity index (χ2v) is 3.49. The zero-order valence-corrected chi connectivity index (χ0v) is 8.10. The highest BCUT2D eigenvalue weighted by Gasteiger charge is 2.03. The van der Waals surface area contributed by atoms with Gasteiger partial charge in [-0.15, -0.1) is 11.8 Å². The van der Waals surface area contributed by atoms with Crippen LogP contribution in [0.15, 0.2) is 23.1 Å². The van der Waals surface area contributed by atoms with Crippen molar-refractivity contribution in [1.82, 2.24) is 0 Å². The summed E-state index contributed by atoms with van der Waals surface area (Å²) in [5.74, 6) is -0.822. The lowest BCUT2D eigenvalue weighted by Crippen LogP contribution is -2.00. The largest absolute Gasteiger partial charge is 0.481 e. The lowest BCUT2D eigenvalue weighted by atomic mass is 10.1. The molecular formula is C9H11NO2S. The fraction of sp³-hybridized carbons (Fsp3) is 0.222. The molecule has 1 aromatic carbocycles. The minimum absolute atomic E-state index is 0.0494. The number of benzene rings is 1. The molecule has 0 heterocycles. The van der Waals surface area contributed by atoms with Gasteiger partial charge in [0.25, 0.3) is 0 Å². The van der Waals surface area contributed by atoms with Crippen molar-refractivity contribution in [1.29, 1.82) is 0 Å². The van der Waals surface area contributed by atoms with Crippen molar-refractivity contribution in [3.05, 3.63) is 23.8 Å². The minimum atomic E-state index is -0.822. The molecule has 0 bridgehead atoms. The Morgan fingerprint density at radius 2 is 2.31 bits per heavy atom. The Bertz CT molecular complexity index is 325. The Hall–Kier alpha value is -1.16. The number of thioether (sulfide) groups is 1. The maximum atomic E-state index is 10.4. The molecule has 0 aromatic heterocycles. The van der Waals surface area contributed by atoms with E-state index in [2.05, 4.69) is 0 Å². The van der Waals surface area contributed by atoms with Gasteiger partial charge >= 0.3 is 5.97 Å². The van der Waals surface area contributed by atoms with Crippen molar-refractivity contribution in [2.75, 3.05) is 12.0 Å². The van der Waals surface area contributed by atoms with Crippen LogP contribution in [0.5, 0.6) is 0 Å².